The van der Waals surface area contributed by atoms with Crippen molar-refractivity contribution in [3.05, 3.63) is 29.3 Å². The second-order valence-corrected chi connectivity index (χ2v) is 8.12. The number of nitrogens with zero attached hydrogens (tertiary/aromatic N) is 1. The fourth-order valence-corrected chi connectivity index (χ4v) is 4.39. The van der Waals surface area contributed by atoms with Gasteiger partial charge in [-0.1, -0.05) is 6.07 Å². The number of rotatable bonds is 4. The summed E-state index contributed by atoms with van der Waals surface area (Å²) in [7, 11) is 0. The number of halogens is 3. The fourth-order valence-electron chi connectivity index (χ4n) is 4.39. The standard InChI is InChI=1S/C20H25F3N4O4/c21-20(22,23)17-2-1-5-27(17)18(29)9-25-19(30)24-8-11-3-4-13-12(6-11)16-7-14(26-13)15(28)10-31-16/h3-4,6,14-17,26,28H,1-2,5,7-10H2,(H2,24,25,30)/t14-,15+,16+,17+/m0/s1. The summed E-state index contributed by atoms with van der Waals surface area (Å²) < 4.78 is 44.6. The Kier molecular flexibility index (Phi) is 5.98. The molecule has 3 aliphatic rings. The molecule has 3 amide bonds. The molecule has 0 aliphatic carbocycles. The van der Waals surface area contributed by atoms with Gasteiger partial charge in [-0.05, 0) is 30.5 Å². The van der Waals surface area contributed by atoms with Crippen molar-refractivity contribution in [2.24, 2.45) is 0 Å². The number of fused-ring (bicyclic) bond motifs is 4. The lowest BCUT2D eigenvalue weighted by molar-refractivity contribution is -0.182. The lowest BCUT2D eigenvalue weighted by Gasteiger charge is -2.40. The van der Waals surface area contributed by atoms with Crippen molar-refractivity contribution < 1.29 is 32.6 Å². The molecule has 11 heteroatoms. The third-order valence-electron chi connectivity index (χ3n) is 6.01. The zero-order valence-electron chi connectivity index (χ0n) is 16.7. The van der Waals surface area contributed by atoms with E-state index in [0.29, 0.717) is 12.8 Å². The normalized spacial score (nSPS) is 27.3. The van der Waals surface area contributed by atoms with Crippen molar-refractivity contribution in [2.45, 2.75) is 56.3 Å². The van der Waals surface area contributed by atoms with E-state index in [0.717, 1.165) is 21.7 Å². The molecule has 3 aliphatic heterocycles. The number of anilines is 1. The van der Waals surface area contributed by atoms with Gasteiger partial charge in [0.05, 0.1) is 31.4 Å². The van der Waals surface area contributed by atoms with Gasteiger partial charge in [0.2, 0.25) is 5.91 Å². The van der Waals surface area contributed by atoms with Crippen LogP contribution >= 0.6 is 0 Å². The molecule has 4 atom stereocenters. The number of aliphatic hydroxyl groups excluding tert-OH is 1. The highest BCUT2D eigenvalue weighted by atomic mass is 19.4. The van der Waals surface area contributed by atoms with E-state index in [9.17, 15) is 27.9 Å². The zero-order valence-corrected chi connectivity index (χ0v) is 16.7. The van der Waals surface area contributed by atoms with E-state index in [-0.39, 0.29) is 38.3 Å². The quantitative estimate of drug-likeness (QED) is 0.568. The molecule has 4 rings (SSSR count). The number of benzene rings is 1. The van der Waals surface area contributed by atoms with Crippen LogP contribution in [0.15, 0.2) is 18.2 Å². The minimum atomic E-state index is -4.46. The molecule has 2 saturated heterocycles. The Morgan fingerprint density at radius 2 is 2.10 bits per heavy atom. The molecule has 2 fully saturated rings. The van der Waals surface area contributed by atoms with Gasteiger partial charge in [-0.2, -0.15) is 13.2 Å². The predicted octanol–water partition coefficient (Wildman–Crippen LogP) is 1.66. The first kappa shape index (κ1) is 21.7. The van der Waals surface area contributed by atoms with Crippen LogP contribution < -0.4 is 16.0 Å². The van der Waals surface area contributed by atoms with E-state index in [1.54, 1.807) is 0 Å². The highest BCUT2D eigenvalue weighted by Gasteiger charge is 2.47. The predicted molar refractivity (Wildman–Crippen MR) is 104 cm³/mol. The smallest absolute Gasteiger partial charge is 0.389 e. The maximum atomic E-state index is 13.0. The van der Waals surface area contributed by atoms with E-state index >= 15 is 0 Å². The third kappa shape index (κ3) is 4.72. The number of carbonyl (C=O) groups is 2. The van der Waals surface area contributed by atoms with Crippen LogP contribution in [0.3, 0.4) is 0 Å². The maximum absolute atomic E-state index is 13.0. The number of aliphatic hydroxyl groups is 1. The topological polar surface area (TPSA) is 103 Å². The molecule has 2 bridgehead atoms. The number of urea groups is 1. The first-order chi connectivity index (χ1) is 14.7. The van der Waals surface area contributed by atoms with Crippen LogP contribution in [0, 0.1) is 0 Å². The Labute approximate surface area is 177 Å². The number of carbonyl (C=O) groups excluding carboxylic acids is 2. The monoisotopic (exact) mass is 442 g/mol. The highest BCUT2D eigenvalue weighted by Crippen LogP contribution is 2.39. The van der Waals surface area contributed by atoms with Crippen LogP contribution in [0.1, 0.15) is 36.5 Å². The summed E-state index contributed by atoms with van der Waals surface area (Å²) in [6.07, 6.45) is -4.31. The number of alkyl halides is 3. The van der Waals surface area contributed by atoms with E-state index < -0.39 is 36.8 Å². The summed E-state index contributed by atoms with van der Waals surface area (Å²) in [6.45, 7) is -0.0173. The van der Waals surface area contributed by atoms with Gasteiger partial charge in [-0.25, -0.2) is 4.79 Å². The lowest BCUT2D eigenvalue weighted by Crippen LogP contribution is -2.49. The van der Waals surface area contributed by atoms with E-state index in [4.69, 9.17) is 4.74 Å². The van der Waals surface area contributed by atoms with Crippen molar-refractivity contribution in [3.8, 4) is 0 Å². The summed E-state index contributed by atoms with van der Waals surface area (Å²) in [4.78, 5) is 24.9. The number of amides is 3. The zero-order chi connectivity index (χ0) is 22.2. The van der Waals surface area contributed by atoms with Crippen LogP contribution in [0.4, 0.5) is 23.7 Å². The maximum Gasteiger partial charge on any atom is 0.408 e. The molecular formula is C20H25F3N4O4. The molecule has 3 heterocycles. The van der Waals surface area contributed by atoms with Crippen LogP contribution in [-0.4, -0.2) is 66.0 Å². The van der Waals surface area contributed by atoms with Gasteiger partial charge in [-0.3, -0.25) is 4.79 Å². The number of ether oxygens (including phenoxy) is 1. The molecular weight excluding hydrogens is 417 g/mol. The summed E-state index contributed by atoms with van der Waals surface area (Å²) in [6, 6.07) is 3.12. The highest BCUT2D eigenvalue weighted by molar-refractivity contribution is 5.84. The average molecular weight is 442 g/mol. The molecule has 8 nitrogen and oxygen atoms in total. The Morgan fingerprint density at radius 1 is 1.29 bits per heavy atom. The van der Waals surface area contributed by atoms with Gasteiger partial charge >= 0.3 is 12.2 Å². The molecule has 0 aromatic heterocycles. The Hall–Kier alpha value is -2.53. The minimum absolute atomic E-state index is 0.0383. The fraction of sp³-hybridized carbons (Fsp3) is 0.600. The van der Waals surface area contributed by atoms with E-state index in [2.05, 4.69) is 16.0 Å². The second kappa shape index (κ2) is 8.54. The Bertz CT molecular complexity index is 850. The molecule has 31 heavy (non-hydrogen) atoms. The minimum Gasteiger partial charge on any atom is -0.389 e. The van der Waals surface area contributed by atoms with Gasteiger partial charge in [0, 0.05) is 30.8 Å². The molecule has 4 N–H and O–H groups in total. The van der Waals surface area contributed by atoms with Gasteiger partial charge in [0.1, 0.15) is 6.04 Å². The van der Waals surface area contributed by atoms with Crippen LogP contribution in [-0.2, 0) is 16.1 Å². The first-order valence-corrected chi connectivity index (χ1v) is 10.3. The lowest BCUT2D eigenvalue weighted by atomic mass is 9.89. The Balaban J connectivity index is 1.27. The molecule has 1 aromatic rings. The summed E-state index contributed by atoms with van der Waals surface area (Å²) in [5.74, 6) is -0.749. The van der Waals surface area contributed by atoms with Crippen molar-refractivity contribution in [1.29, 1.82) is 0 Å². The van der Waals surface area contributed by atoms with Gasteiger partial charge in [0.15, 0.2) is 0 Å². The number of hydrogen-bond donors (Lipinski definition) is 4. The van der Waals surface area contributed by atoms with Crippen LogP contribution in [0.5, 0.6) is 0 Å². The molecule has 170 valence electrons. The molecule has 1 aromatic carbocycles. The van der Waals surface area contributed by atoms with Crippen molar-refractivity contribution in [1.82, 2.24) is 15.5 Å². The van der Waals surface area contributed by atoms with E-state index in [1.165, 1.54) is 0 Å². The molecule has 0 spiro atoms. The van der Waals surface area contributed by atoms with Gasteiger partial charge < -0.3 is 30.7 Å². The van der Waals surface area contributed by atoms with Crippen LogP contribution in [0.2, 0.25) is 0 Å². The Morgan fingerprint density at radius 3 is 2.87 bits per heavy atom. The second-order valence-electron chi connectivity index (χ2n) is 8.12. The summed E-state index contributed by atoms with van der Waals surface area (Å²) >= 11 is 0. The first-order valence-electron chi connectivity index (χ1n) is 10.3. The van der Waals surface area contributed by atoms with Crippen molar-refractivity contribution in [3.63, 3.8) is 0 Å². The van der Waals surface area contributed by atoms with Crippen molar-refractivity contribution in [2.75, 3.05) is 25.0 Å². The molecule has 0 unspecified atom stereocenters. The summed E-state index contributed by atoms with van der Waals surface area (Å²) in [5.41, 5.74) is 2.64. The number of nitrogens with one attached hydrogen (secondary N) is 3. The SMILES string of the molecule is O=C(NCC(=O)N1CCC[C@@H]1C(F)(F)F)NCc1ccc2c(c1)[C@H]1C[C@H](N2)[C@H](O)CO1. The van der Waals surface area contributed by atoms with Gasteiger partial charge in [0.25, 0.3) is 0 Å². The van der Waals surface area contributed by atoms with Gasteiger partial charge in [-0.15, -0.1) is 0 Å². The van der Waals surface area contributed by atoms with E-state index in [1.807, 2.05) is 18.2 Å². The molecule has 0 saturated carbocycles. The number of hydrogen-bond acceptors (Lipinski definition) is 5. The van der Waals surface area contributed by atoms with Crippen LogP contribution in [0.25, 0.3) is 0 Å². The average Bonchev–Trinajstić information content (AvgIpc) is 3.24. The number of likely N-dealkylation sites (tertiary alicyclic amines) is 1. The summed E-state index contributed by atoms with van der Waals surface area (Å²) in [5, 5.41) is 18.2. The largest absolute Gasteiger partial charge is 0.408 e. The molecule has 0 radical (unpaired) electrons. The third-order valence-corrected chi connectivity index (χ3v) is 6.01. The van der Waals surface area contributed by atoms with Crippen molar-refractivity contribution >= 4 is 17.6 Å².